The summed E-state index contributed by atoms with van der Waals surface area (Å²) in [5.74, 6) is -0.675. The molecule has 0 aliphatic rings. The molecule has 0 aliphatic heterocycles. The summed E-state index contributed by atoms with van der Waals surface area (Å²) in [6.45, 7) is 0. The van der Waals surface area contributed by atoms with E-state index < -0.39 is 11.5 Å². The number of nitrogens with zero attached hydrogens (tertiary/aromatic N) is 5. The topological polar surface area (TPSA) is 98.6 Å². The zero-order chi connectivity index (χ0) is 14.8. The van der Waals surface area contributed by atoms with Crippen molar-refractivity contribution in [3.8, 4) is 17.4 Å². The highest BCUT2D eigenvalue weighted by molar-refractivity contribution is 6.32. The van der Waals surface area contributed by atoms with Crippen LogP contribution in [-0.2, 0) is 0 Å². The number of ether oxygens (including phenoxy) is 1. The summed E-state index contributed by atoms with van der Waals surface area (Å²) in [5.41, 5.74) is -0.859. The molecule has 0 fully saturated rings. The second-order valence-corrected chi connectivity index (χ2v) is 4.19. The monoisotopic (exact) mass is 308 g/mol. The standard InChI is InChI=1S/C11H6ClFN6O2/c12-6-4-7(13)8(19-11(20)16-17-18-19)5-9(6)21-10-14-2-1-3-15-10/h1-5H,(H,16,18,20). The predicted octanol–water partition coefficient (Wildman–Crippen LogP) is 1.33. The van der Waals surface area contributed by atoms with Gasteiger partial charge in [-0.15, -0.1) is 0 Å². The van der Waals surface area contributed by atoms with Crippen LogP contribution < -0.4 is 10.4 Å². The average molecular weight is 309 g/mol. The third-order valence-corrected chi connectivity index (χ3v) is 2.74. The summed E-state index contributed by atoms with van der Waals surface area (Å²) in [7, 11) is 0. The van der Waals surface area contributed by atoms with E-state index in [-0.39, 0.29) is 22.5 Å². The lowest BCUT2D eigenvalue weighted by Gasteiger charge is -2.08. The van der Waals surface area contributed by atoms with E-state index in [1.807, 2.05) is 0 Å². The molecule has 0 aliphatic carbocycles. The number of aromatic nitrogens is 6. The Kier molecular flexibility index (Phi) is 3.32. The first kappa shape index (κ1) is 13.2. The second-order valence-electron chi connectivity index (χ2n) is 3.79. The van der Waals surface area contributed by atoms with E-state index in [2.05, 4.69) is 25.5 Å². The van der Waals surface area contributed by atoms with Gasteiger partial charge in [0.25, 0.3) is 0 Å². The number of halogens is 2. The van der Waals surface area contributed by atoms with Crippen molar-refractivity contribution in [1.82, 2.24) is 30.2 Å². The molecule has 0 radical (unpaired) electrons. The van der Waals surface area contributed by atoms with Gasteiger partial charge < -0.3 is 4.74 Å². The van der Waals surface area contributed by atoms with Crippen LogP contribution in [0, 0.1) is 5.82 Å². The molecule has 0 atom stereocenters. The van der Waals surface area contributed by atoms with Crippen molar-refractivity contribution in [2.75, 3.05) is 0 Å². The van der Waals surface area contributed by atoms with E-state index in [9.17, 15) is 9.18 Å². The first-order chi connectivity index (χ1) is 10.1. The first-order valence-electron chi connectivity index (χ1n) is 5.60. The number of benzene rings is 1. The second kappa shape index (κ2) is 5.29. The molecule has 0 spiro atoms. The predicted molar refractivity (Wildman–Crippen MR) is 69.1 cm³/mol. The Bertz CT molecular complexity index is 834. The largest absolute Gasteiger partial charge is 0.423 e. The van der Waals surface area contributed by atoms with E-state index in [4.69, 9.17) is 16.3 Å². The van der Waals surface area contributed by atoms with Crippen LogP contribution in [0.2, 0.25) is 5.02 Å². The van der Waals surface area contributed by atoms with Crippen LogP contribution in [0.3, 0.4) is 0 Å². The Morgan fingerprint density at radius 2 is 2.05 bits per heavy atom. The van der Waals surface area contributed by atoms with Gasteiger partial charge >= 0.3 is 11.7 Å². The molecular formula is C11H6ClFN6O2. The molecule has 2 aromatic heterocycles. The highest BCUT2D eigenvalue weighted by atomic mass is 35.5. The molecule has 0 amide bonds. The first-order valence-corrected chi connectivity index (χ1v) is 5.97. The van der Waals surface area contributed by atoms with Crippen LogP contribution in [0.25, 0.3) is 5.69 Å². The quantitative estimate of drug-likeness (QED) is 0.783. The van der Waals surface area contributed by atoms with E-state index in [0.29, 0.717) is 0 Å². The van der Waals surface area contributed by atoms with Crippen molar-refractivity contribution in [2.24, 2.45) is 0 Å². The maximum Gasteiger partial charge on any atom is 0.365 e. The fourth-order valence-electron chi connectivity index (χ4n) is 1.55. The molecule has 1 aromatic carbocycles. The van der Waals surface area contributed by atoms with Gasteiger partial charge in [0.2, 0.25) is 0 Å². The maximum atomic E-state index is 13.9. The fraction of sp³-hybridized carbons (Fsp3) is 0. The van der Waals surface area contributed by atoms with Crippen molar-refractivity contribution in [1.29, 1.82) is 0 Å². The summed E-state index contributed by atoms with van der Waals surface area (Å²) in [6, 6.07) is 3.85. The molecular weight excluding hydrogens is 303 g/mol. The molecule has 21 heavy (non-hydrogen) atoms. The third kappa shape index (κ3) is 2.58. The van der Waals surface area contributed by atoms with Gasteiger partial charge in [-0.25, -0.2) is 24.3 Å². The molecule has 3 aromatic rings. The van der Waals surface area contributed by atoms with Crippen molar-refractivity contribution in [2.45, 2.75) is 0 Å². The fourth-order valence-corrected chi connectivity index (χ4v) is 1.74. The van der Waals surface area contributed by atoms with Crippen LogP contribution in [0.1, 0.15) is 0 Å². The number of nitrogens with one attached hydrogen (secondary N) is 1. The number of rotatable bonds is 3. The van der Waals surface area contributed by atoms with Crippen LogP contribution in [0.15, 0.2) is 35.4 Å². The SMILES string of the molecule is O=c1[nH]nnn1-c1cc(Oc2ncccn2)c(Cl)cc1F. The number of aromatic amines is 1. The maximum absolute atomic E-state index is 13.9. The van der Waals surface area contributed by atoms with Gasteiger partial charge in [-0.2, -0.15) is 4.68 Å². The molecule has 3 rings (SSSR count). The summed E-state index contributed by atoms with van der Waals surface area (Å²) >= 11 is 5.90. The van der Waals surface area contributed by atoms with Crippen molar-refractivity contribution >= 4 is 11.6 Å². The molecule has 0 bridgehead atoms. The zero-order valence-corrected chi connectivity index (χ0v) is 11.0. The normalized spacial score (nSPS) is 10.6. The number of H-pyrrole nitrogens is 1. The molecule has 10 heteroatoms. The Hall–Kier alpha value is -2.81. The molecule has 1 N–H and O–H groups in total. The van der Waals surface area contributed by atoms with Gasteiger partial charge in [-0.1, -0.05) is 11.6 Å². The Morgan fingerprint density at radius 3 is 2.71 bits per heavy atom. The van der Waals surface area contributed by atoms with E-state index in [0.717, 1.165) is 10.7 Å². The summed E-state index contributed by atoms with van der Waals surface area (Å²) in [4.78, 5) is 19.2. The van der Waals surface area contributed by atoms with E-state index >= 15 is 0 Å². The smallest absolute Gasteiger partial charge is 0.365 e. The molecule has 8 nitrogen and oxygen atoms in total. The minimum Gasteiger partial charge on any atom is -0.423 e. The lowest BCUT2D eigenvalue weighted by atomic mass is 10.3. The van der Waals surface area contributed by atoms with Crippen LogP contribution in [-0.4, -0.2) is 30.2 Å². The van der Waals surface area contributed by atoms with Gasteiger partial charge in [0, 0.05) is 18.5 Å². The number of hydrogen-bond acceptors (Lipinski definition) is 6. The molecule has 106 valence electrons. The average Bonchev–Trinajstić information content (AvgIpc) is 2.89. The molecule has 0 unspecified atom stereocenters. The highest BCUT2D eigenvalue weighted by Crippen LogP contribution is 2.31. The molecule has 0 saturated carbocycles. The lowest BCUT2D eigenvalue weighted by molar-refractivity contribution is 0.440. The summed E-state index contributed by atoms with van der Waals surface area (Å²) in [5, 5.41) is 8.80. The zero-order valence-electron chi connectivity index (χ0n) is 10.2. The van der Waals surface area contributed by atoms with Crippen LogP contribution in [0.4, 0.5) is 4.39 Å². The van der Waals surface area contributed by atoms with Gasteiger partial charge in [-0.3, -0.25) is 0 Å². The number of hydrogen-bond donors (Lipinski definition) is 1. The lowest BCUT2D eigenvalue weighted by Crippen LogP contribution is -2.17. The Labute approximate surface area is 121 Å². The minimum absolute atomic E-state index is 0.000229. The van der Waals surface area contributed by atoms with Crippen LogP contribution in [0.5, 0.6) is 11.8 Å². The molecule has 0 saturated heterocycles. The number of tetrazole rings is 1. The minimum atomic E-state index is -0.752. The van der Waals surface area contributed by atoms with Gasteiger partial charge in [-0.05, 0) is 22.6 Å². The Morgan fingerprint density at radius 1 is 1.29 bits per heavy atom. The molecule has 2 heterocycles. The van der Waals surface area contributed by atoms with Crippen molar-refractivity contribution in [3.05, 3.63) is 51.9 Å². The Balaban J connectivity index is 2.06. The van der Waals surface area contributed by atoms with E-state index in [1.54, 1.807) is 6.07 Å². The third-order valence-electron chi connectivity index (χ3n) is 2.45. The van der Waals surface area contributed by atoms with Crippen molar-refractivity contribution < 1.29 is 9.13 Å². The van der Waals surface area contributed by atoms with Gasteiger partial charge in [0.05, 0.1) is 5.02 Å². The van der Waals surface area contributed by atoms with Crippen molar-refractivity contribution in [3.63, 3.8) is 0 Å². The summed E-state index contributed by atoms with van der Waals surface area (Å²) < 4.78 is 20.0. The highest BCUT2D eigenvalue weighted by Gasteiger charge is 2.15. The van der Waals surface area contributed by atoms with Gasteiger partial charge in [0.1, 0.15) is 5.69 Å². The van der Waals surface area contributed by atoms with Gasteiger partial charge in [0.15, 0.2) is 11.6 Å². The van der Waals surface area contributed by atoms with Crippen LogP contribution >= 0.6 is 11.6 Å². The summed E-state index contributed by atoms with van der Waals surface area (Å²) in [6.07, 6.45) is 2.95. The van der Waals surface area contributed by atoms with E-state index in [1.165, 1.54) is 18.5 Å².